The molecule has 0 saturated carbocycles. The molecule has 1 atom stereocenters. The molecular formula is C27H32ClF5N4O3. The van der Waals surface area contributed by atoms with Gasteiger partial charge >= 0.3 is 6.18 Å². The van der Waals surface area contributed by atoms with Gasteiger partial charge in [0.15, 0.2) is 11.6 Å². The van der Waals surface area contributed by atoms with E-state index >= 15 is 0 Å². The van der Waals surface area contributed by atoms with E-state index in [0.29, 0.717) is 36.9 Å². The normalized spacial score (nSPS) is 15.3. The van der Waals surface area contributed by atoms with Gasteiger partial charge in [-0.3, -0.25) is 14.5 Å². The maximum absolute atomic E-state index is 14.9. The third-order valence-electron chi connectivity index (χ3n) is 6.49. The monoisotopic (exact) mass is 590 g/mol. The van der Waals surface area contributed by atoms with Gasteiger partial charge in [0.1, 0.15) is 6.10 Å². The van der Waals surface area contributed by atoms with Crippen molar-refractivity contribution in [2.45, 2.75) is 45.5 Å². The number of hydrogen-bond acceptors (Lipinski definition) is 5. The number of nitrogens with one attached hydrogen (secondary N) is 2. The van der Waals surface area contributed by atoms with Crippen molar-refractivity contribution in [3.8, 4) is 0 Å². The van der Waals surface area contributed by atoms with Crippen molar-refractivity contribution in [2.75, 3.05) is 42.9 Å². The van der Waals surface area contributed by atoms with Crippen LogP contribution < -0.4 is 15.5 Å². The largest absolute Gasteiger partial charge is 0.390 e. The van der Waals surface area contributed by atoms with Crippen LogP contribution in [0.1, 0.15) is 42.6 Å². The SMILES string of the molecule is CC(C)CC(O)C(=O)NCc1ccc(C(=O)Nc2ccc(Cl)cc2N2CCN(CCC(F)(F)F)CC2)c(F)c1F. The van der Waals surface area contributed by atoms with Crippen LogP contribution in [0.3, 0.4) is 0 Å². The summed E-state index contributed by atoms with van der Waals surface area (Å²) in [6.45, 7) is 4.63. The summed E-state index contributed by atoms with van der Waals surface area (Å²) >= 11 is 6.15. The van der Waals surface area contributed by atoms with E-state index in [0.717, 1.165) is 6.07 Å². The summed E-state index contributed by atoms with van der Waals surface area (Å²) < 4.78 is 67.3. The summed E-state index contributed by atoms with van der Waals surface area (Å²) in [6.07, 6.45) is -6.21. The Morgan fingerprint density at radius 2 is 1.73 bits per heavy atom. The molecule has 1 unspecified atom stereocenters. The van der Waals surface area contributed by atoms with Gasteiger partial charge < -0.3 is 20.6 Å². The fourth-order valence-corrected chi connectivity index (χ4v) is 4.48. The summed E-state index contributed by atoms with van der Waals surface area (Å²) in [7, 11) is 0. The fourth-order valence-electron chi connectivity index (χ4n) is 4.31. The Hall–Kier alpha value is -2.96. The Labute approximate surface area is 234 Å². The van der Waals surface area contributed by atoms with Crippen LogP contribution in [-0.2, 0) is 11.3 Å². The molecule has 0 aliphatic carbocycles. The molecule has 0 spiro atoms. The van der Waals surface area contributed by atoms with E-state index in [9.17, 15) is 36.6 Å². The minimum absolute atomic E-state index is 0.0572. The molecule has 220 valence electrons. The van der Waals surface area contributed by atoms with Crippen molar-refractivity contribution < 1.29 is 36.6 Å². The molecule has 13 heteroatoms. The van der Waals surface area contributed by atoms with Gasteiger partial charge in [0.25, 0.3) is 5.91 Å². The van der Waals surface area contributed by atoms with Gasteiger partial charge in [-0.2, -0.15) is 13.2 Å². The van der Waals surface area contributed by atoms with Crippen LogP contribution in [0.4, 0.5) is 33.3 Å². The quantitative estimate of drug-likeness (QED) is 0.341. The number of anilines is 2. The lowest BCUT2D eigenvalue weighted by molar-refractivity contribution is -0.138. The lowest BCUT2D eigenvalue weighted by atomic mass is 10.1. The summed E-state index contributed by atoms with van der Waals surface area (Å²) in [4.78, 5) is 28.5. The zero-order valence-electron chi connectivity index (χ0n) is 22.1. The number of piperazine rings is 1. The van der Waals surface area contributed by atoms with E-state index in [-0.39, 0.29) is 36.7 Å². The van der Waals surface area contributed by atoms with Gasteiger partial charge in [-0.25, -0.2) is 8.78 Å². The highest BCUT2D eigenvalue weighted by Crippen LogP contribution is 2.31. The zero-order valence-corrected chi connectivity index (χ0v) is 22.9. The maximum Gasteiger partial charge on any atom is 0.390 e. The third kappa shape index (κ3) is 8.77. The topological polar surface area (TPSA) is 84.9 Å². The summed E-state index contributed by atoms with van der Waals surface area (Å²) in [6, 6.07) is 6.86. The smallest absolute Gasteiger partial charge is 0.383 e. The third-order valence-corrected chi connectivity index (χ3v) is 6.72. The average molecular weight is 591 g/mol. The first kappa shape index (κ1) is 31.6. The second kappa shape index (κ2) is 13.6. The number of benzene rings is 2. The average Bonchev–Trinajstić information content (AvgIpc) is 2.88. The second-order valence-corrected chi connectivity index (χ2v) is 10.5. The van der Waals surface area contributed by atoms with Crippen molar-refractivity contribution in [1.82, 2.24) is 10.2 Å². The summed E-state index contributed by atoms with van der Waals surface area (Å²) in [5.41, 5.74) is 0.00457. The Balaban J connectivity index is 1.68. The predicted molar refractivity (Wildman–Crippen MR) is 142 cm³/mol. The number of alkyl halides is 3. The van der Waals surface area contributed by atoms with Crippen LogP contribution in [0.5, 0.6) is 0 Å². The van der Waals surface area contributed by atoms with E-state index in [1.54, 1.807) is 11.0 Å². The first-order valence-electron chi connectivity index (χ1n) is 12.8. The van der Waals surface area contributed by atoms with Crippen LogP contribution in [-0.4, -0.2) is 66.8 Å². The van der Waals surface area contributed by atoms with Crippen molar-refractivity contribution in [1.29, 1.82) is 0 Å². The molecule has 2 aromatic rings. The first-order valence-corrected chi connectivity index (χ1v) is 13.2. The van der Waals surface area contributed by atoms with E-state index in [1.807, 2.05) is 18.7 Å². The molecule has 0 aromatic heterocycles. The Bertz CT molecular complexity index is 1200. The van der Waals surface area contributed by atoms with E-state index in [4.69, 9.17) is 11.6 Å². The number of aliphatic hydroxyl groups excluding tert-OH is 1. The molecule has 1 fully saturated rings. The number of carbonyl (C=O) groups excluding carboxylic acids is 2. The molecule has 1 saturated heterocycles. The Morgan fingerprint density at radius 3 is 2.35 bits per heavy atom. The van der Waals surface area contributed by atoms with Crippen LogP contribution in [0.15, 0.2) is 30.3 Å². The van der Waals surface area contributed by atoms with Crippen LogP contribution >= 0.6 is 11.6 Å². The predicted octanol–water partition coefficient (Wildman–Crippen LogP) is 4.97. The van der Waals surface area contributed by atoms with Crippen molar-refractivity contribution in [3.05, 3.63) is 58.1 Å². The molecule has 1 aliphatic heterocycles. The van der Waals surface area contributed by atoms with Crippen molar-refractivity contribution in [3.63, 3.8) is 0 Å². The molecule has 3 rings (SSSR count). The van der Waals surface area contributed by atoms with Gasteiger partial charge in [0, 0.05) is 49.9 Å². The molecule has 1 heterocycles. The first-order chi connectivity index (χ1) is 18.7. The van der Waals surface area contributed by atoms with Gasteiger partial charge in [0.05, 0.1) is 23.4 Å². The summed E-state index contributed by atoms with van der Waals surface area (Å²) in [5, 5.41) is 15.1. The lowest BCUT2D eigenvalue weighted by Crippen LogP contribution is -2.47. The highest BCUT2D eigenvalue weighted by Gasteiger charge is 2.29. The highest BCUT2D eigenvalue weighted by atomic mass is 35.5. The number of amides is 2. The maximum atomic E-state index is 14.9. The molecule has 40 heavy (non-hydrogen) atoms. The molecule has 3 N–H and O–H groups in total. The minimum atomic E-state index is -4.24. The van der Waals surface area contributed by atoms with Crippen molar-refractivity contribution >= 4 is 34.8 Å². The summed E-state index contributed by atoms with van der Waals surface area (Å²) in [5.74, 6) is -4.29. The highest BCUT2D eigenvalue weighted by molar-refractivity contribution is 6.31. The second-order valence-electron chi connectivity index (χ2n) is 10.1. The number of halogens is 6. The molecule has 2 aromatic carbocycles. The molecule has 1 aliphatic rings. The number of nitrogens with zero attached hydrogens (tertiary/aromatic N) is 2. The fraction of sp³-hybridized carbons (Fsp3) is 0.481. The van der Waals surface area contributed by atoms with Crippen LogP contribution in [0.2, 0.25) is 5.02 Å². The Morgan fingerprint density at radius 1 is 1.05 bits per heavy atom. The number of carbonyl (C=O) groups is 2. The lowest BCUT2D eigenvalue weighted by Gasteiger charge is -2.37. The minimum Gasteiger partial charge on any atom is -0.383 e. The zero-order chi connectivity index (χ0) is 29.6. The van der Waals surface area contributed by atoms with Gasteiger partial charge in [-0.15, -0.1) is 0 Å². The number of rotatable bonds is 10. The molecule has 0 bridgehead atoms. The Kier molecular flexibility index (Phi) is 10.7. The molecule has 2 amide bonds. The molecular weight excluding hydrogens is 559 g/mol. The number of aliphatic hydroxyl groups is 1. The standard InChI is InChI=1S/C27H32ClF5N4O3/c1-16(2)13-22(38)26(40)34-15-17-3-5-19(24(30)23(17)29)25(39)35-20-6-4-18(28)14-21(20)37-11-9-36(10-12-37)8-7-27(31,32)33/h3-6,14,16,22,38H,7-13,15H2,1-2H3,(H,34,40)(H,35,39). The van der Waals surface area contributed by atoms with Gasteiger partial charge in [-0.1, -0.05) is 31.5 Å². The number of hydrogen-bond donors (Lipinski definition) is 3. The van der Waals surface area contributed by atoms with E-state index in [2.05, 4.69) is 10.6 Å². The van der Waals surface area contributed by atoms with Crippen molar-refractivity contribution in [2.24, 2.45) is 5.92 Å². The van der Waals surface area contributed by atoms with E-state index in [1.165, 1.54) is 18.2 Å². The molecule has 0 radical (unpaired) electrons. The van der Waals surface area contributed by atoms with Gasteiger partial charge in [0.2, 0.25) is 5.91 Å². The van der Waals surface area contributed by atoms with Gasteiger partial charge in [-0.05, 0) is 36.6 Å². The molecule has 7 nitrogen and oxygen atoms in total. The van der Waals surface area contributed by atoms with Crippen LogP contribution in [0, 0.1) is 17.6 Å². The van der Waals surface area contributed by atoms with E-state index < -0.39 is 47.7 Å². The van der Waals surface area contributed by atoms with Crippen LogP contribution in [0.25, 0.3) is 0 Å².